The molecule has 118 valence electrons. The first-order valence-corrected chi connectivity index (χ1v) is 8.16. The van der Waals surface area contributed by atoms with Gasteiger partial charge < -0.3 is 15.2 Å². The Morgan fingerprint density at radius 3 is 2.52 bits per heavy atom. The molecule has 3 aliphatic rings. The van der Waals surface area contributed by atoms with Crippen molar-refractivity contribution in [2.75, 3.05) is 6.61 Å². The predicted molar refractivity (Wildman–Crippen MR) is 76.8 cm³/mol. The van der Waals surface area contributed by atoms with Gasteiger partial charge in [-0.15, -0.1) is 0 Å². The number of carbonyl (C=O) groups excluding carboxylic acids is 1. The highest BCUT2D eigenvalue weighted by Crippen LogP contribution is 2.47. The molecule has 21 heavy (non-hydrogen) atoms. The normalized spacial score (nSPS) is 37.4. The number of carbonyl (C=O) groups is 2. The zero-order valence-corrected chi connectivity index (χ0v) is 12.7. The van der Waals surface area contributed by atoms with Gasteiger partial charge in [0.25, 0.3) is 0 Å². The fourth-order valence-corrected chi connectivity index (χ4v) is 4.13. The first-order chi connectivity index (χ1) is 9.99. The molecule has 3 rings (SSSR count). The summed E-state index contributed by atoms with van der Waals surface area (Å²) in [4.78, 5) is 23.4. The minimum Gasteiger partial charge on any atom is -0.481 e. The Bertz CT molecular complexity index is 432. The molecule has 1 atom stereocenters. The molecule has 3 fully saturated rings. The Morgan fingerprint density at radius 1 is 1.29 bits per heavy atom. The van der Waals surface area contributed by atoms with E-state index in [9.17, 15) is 9.59 Å². The zero-order valence-electron chi connectivity index (χ0n) is 12.7. The molecule has 1 aliphatic heterocycles. The van der Waals surface area contributed by atoms with E-state index in [0.29, 0.717) is 19.4 Å². The molecule has 1 saturated heterocycles. The van der Waals surface area contributed by atoms with Crippen molar-refractivity contribution in [3.8, 4) is 0 Å². The summed E-state index contributed by atoms with van der Waals surface area (Å²) in [5, 5.41) is 12.2. The molecule has 1 unspecified atom stereocenters. The minimum absolute atomic E-state index is 0.130. The van der Waals surface area contributed by atoms with Gasteiger partial charge in [0, 0.05) is 18.1 Å². The summed E-state index contributed by atoms with van der Waals surface area (Å²) < 4.78 is 5.83. The van der Waals surface area contributed by atoms with Crippen LogP contribution in [0.2, 0.25) is 0 Å². The van der Waals surface area contributed by atoms with E-state index in [0.717, 1.165) is 38.5 Å². The van der Waals surface area contributed by atoms with Crippen LogP contribution in [0.25, 0.3) is 0 Å². The summed E-state index contributed by atoms with van der Waals surface area (Å²) in [5.41, 5.74) is -0.424. The largest absolute Gasteiger partial charge is 0.481 e. The molecular weight excluding hydrogens is 270 g/mol. The molecule has 0 radical (unpaired) electrons. The van der Waals surface area contributed by atoms with E-state index in [1.165, 1.54) is 0 Å². The van der Waals surface area contributed by atoms with Crippen LogP contribution < -0.4 is 5.32 Å². The number of aliphatic carboxylic acids is 1. The third-order valence-corrected chi connectivity index (χ3v) is 5.88. The van der Waals surface area contributed by atoms with Crippen molar-refractivity contribution in [3.05, 3.63) is 0 Å². The molecule has 2 aliphatic carbocycles. The van der Waals surface area contributed by atoms with Crippen molar-refractivity contribution in [3.63, 3.8) is 0 Å². The number of ether oxygens (including phenoxy) is 1. The van der Waals surface area contributed by atoms with Crippen LogP contribution in [-0.2, 0) is 14.3 Å². The van der Waals surface area contributed by atoms with Crippen LogP contribution in [0.1, 0.15) is 58.3 Å². The smallest absolute Gasteiger partial charge is 0.306 e. The number of nitrogens with one attached hydrogen (secondary N) is 1. The molecule has 5 nitrogen and oxygen atoms in total. The van der Waals surface area contributed by atoms with Gasteiger partial charge in [-0.05, 0) is 44.9 Å². The lowest BCUT2D eigenvalue weighted by atomic mass is 9.65. The first kappa shape index (κ1) is 14.8. The topological polar surface area (TPSA) is 75.6 Å². The van der Waals surface area contributed by atoms with Crippen molar-refractivity contribution >= 4 is 11.9 Å². The summed E-state index contributed by atoms with van der Waals surface area (Å²) in [5.74, 6) is -0.796. The maximum Gasteiger partial charge on any atom is 0.306 e. The fourth-order valence-electron chi connectivity index (χ4n) is 4.13. The Labute approximate surface area is 125 Å². The molecule has 0 aromatic carbocycles. The number of hydrogen-bond acceptors (Lipinski definition) is 3. The standard InChI is InChI=1S/C16H25NO4/c1-2-15(5-3-6-15)14(20)17-12-4-7-21-16(10-12)8-11(9-16)13(18)19/h11-12H,2-10H2,1H3,(H,17,20)(H,18,19). The van der Waals surface area contributed by atoms with Crippen LogP contribution in [0.4, 0.5) is 0 Å². The zero-order chi connectivity index (χ0) is 15.1. The van der Waals surface area contributed by atoms with Crippen LogP contribution in [0.15, 0.2) is 0 Å². The van der Waals surface area contributed by atoms with E-state index in [4.69, 9.17) is 9.84 Å². The van der Waals surface area contributed by atoms with Crippen LogP contribution >= 0.6 is 0 Å². The number of amides is 1. The van der Waals surface area contributed by atoms with Crippen molar-refractivity contribution in [1.82, 2.24) is 5.32 Å². The van der Waals surface area contributed by atoms with E-state index in [2.05, 4.69) is 12.2 Å². The lowest BCUT2D eigenvalue weighted by molar-refractivity contribution is -0.182. The lowest BCUT2D eigenvalue weighted by Gasteiger charge is -2.50. The number of hydrogen-bond donors (Lipinski definition) is 2. The van der Waals surface area contributed by atoms with Crippen LogP contribution in [0, 0.1) is 11.3 Å². The summed E-state index contributed by atoms with van der Waals surface area (Å²) >= 11 is 0. The third-order valence-electron chi connectivity index (χ3n) is 5.88. The Kier molecular flexibility index (Phi) is 3.72. The van der Waals surface area contributed by atoms with Crippen molar-refractivity contribution in [2.45, 2.75) is 69.9 Å². The quantitative estimate of drug-likeness (QED) is 0.832. The maximum atomic E-state index is 12.5. The van der Waals surface area contributed by atoms with Crippen molar-refractivity contribution in [1.29, 1.82) is 0 Å². The summed E-state index contributed by atoms with van der Waals surface area (Å²) in [6, 6.07) is 0.144. The number of rotatable bonds is 4. The SMILES string of the molecule is CCC1(C(=O)NC2CCOC3(C2)CC(C(=O)O)C3)CCC1. The van der Waals surface area contributed by atoms with Gasteiger partial charge in [0.05, 0.1) is 11.5 Å². The summed E-state index contributed by atoms with van der Waals surface area (Å²) in [6.07, 6.45) is 6.86. The molecule has 1 heterocycles. The van der Waals surface area contributed by atoms with Gasteiger partial charge in [0.15, 0.2) is 0 Å². The van der Waals surface area contributed by atoms with Gasteiger partial charge in [-0.25, -0.2) is 0 Å². The first-order valence-electron chi connectivity index (χ1n) is 8.16. The molecule has 0 bridgehead atoms. The Hall–Kier alpha value is -1.10. The van der Waals surface area contributed by atoms with Crippen molar-refractivity contribution in [2.24, 2.45) is 11.3 Å². The van der Waals surface area contributed by atoms with E-state index in [1.54, 1.807) is 0 Å². The Morgan fingerprint density at radius 2 is 2.00 bits per heavy atom. The summed E-state index contributed by atoms with van der Waals surface area (Å²) in [7, 11) is 0. The highest BCUT2D eigenvalue weighted by Gasteiger charge is 2.52. The van der Waals surface area contributed by atoms with Gasteiger partial charge in [-0.3, -0.25) is 9.59 Å². The highest BCUT2D eigenvalue weighted by atomic mass is 16.5. The average molecular weight is 295 g/mol. The van der Waals surface area contributed by atoms with E-state index >= 15 is 0 Å². The molecule has 1 amide bonds. The van der Waals surface area contributed by atoms with E-state index in [1.807, 2.05) is 0 Å². The molecule has 0 aromatic heterocycles. The van der Waals surface area contributed by atoms with E-state index in [-0.39, 0.29) is 28.9 Å². The van der Waals surface area contributed by atoms with E-state index < -0.39 is 5.97 Å². The molecular formula is C16H25NO4. The number of carboxylic acids is 1. The Balaban J connectivity index is 1.55. The second-order valence-electron chi connectivity index (χ2n) is 7.13. The van der Waals surface area contributed by atoms with Crippen molar-refractivity contribution < 1.29 is 19.4 Å². The van der Waals surface area contributed by atoms with Gasteiger partial charge in [-0.2, -0.15) is 0 Å². The second kappa shape index (κ2) is 5.27. The lowest BCUT2D eigenvalue weighted by Crippen LogP contribution is -2.58. The second-order valence-corrected chi connectivity index (χ2v) is 7.13. The molecule has 2 N–H and O–H groups in total. The molecule has 0 aromatic rings. The average Bonchev–Trinajstić information content (AvgIpc) is 2.35. The predicted octanol–water partition coefficient (Wildman–Crippen LogP) is 2.10. The molecule has 2 saturated carbocycles. The minimum atomic E-state index is -0.727. The summed E-state index contributed by atoms with van der Waals surface area (Å²) in [6.45, 7) is 2.71. The van der Waals surface area contributed by atoms with Crippen LogP contribution in [0.3, 0.4) is 0 Å². The molecule has 1 spiro atoms. The maximum absolute atomic E-state index is 12.5. The van der Waals surface area contributed by atoms with Gasteiger partial charge in [-0.1, -0.05) is 13.3 Å². The van der Waals surface area contributed by atoms with Crippen LogP contribution in [0.5, 0.6) is 0 Å². The monoisotopic (exact) mass is 295 g/mol. The molecule has 5 heteroatoms. The fraction of sp³-hybridized carbons (Fsp3) is 0.875. The third kappa shape index (κ3) is 2.56. The highest BCUT2D eigenvalue weighted by molar-refractivity contribution is 5.83. The number of carboxylic acid groups (broad SMARTS) is 1. The van der Waals surface area contributed by atoms with Gasteiger partial charge in [0.1, 0.15) is 0 Å². The van der Waals surface area contributed by atoms with Gasteiger partial charge in [0.2, 0.25) is 5.91 Å². The van der Waals surface area contributed by atoms with Crippen LogP contribution in [-0.4, -0.2) is 35.2 Å². The van der Waals surface area contributed by atoms with Gasteiger partial charge >= 0.3 is 5.97 Å².